The van der Waals surface area contributed by atoms with Gasteiger partial charge in [-0.25, -0.2) is 23.1 Å². The van der Waals surface area contributed by atoms with Gasteiger partial charge in [0.2, 0.25) is 10.0 Å². The van der Waals surface area contributed by atoms with Crippen LogP contribution in [0, 0.1) is 0 Å². The molecule has 0 aliphatic carbocycles. The molecular formula is C17H20N4O4S. The Bertz CT molecular complexity index is 852. The predicted octanol–water partition coefficient (Wildman–Crippen LogP) is 0.864. The van der Waals surface area contributed by atoms with Crippen molar-refractivity contribution < 1.29 is 17.9 Å². The quantitative estimate of drug-likeness (QED) is 0.742. The Morgan fingerprint density at radius 2 is 2.19 bits per heavy atom. The minimum atomic E-state index is -3.76. The molecule has 1 aromatic heterocycles. The van der Waals surface area contributed by atoms with E-state index in [4.69, 9.17) is 4.74 Å². The molecule has 0 unspecified atom stereocenters. The number of nitrogens with one attached hydrogen (secondary N) is 2. The summed E-state index contributed by atoms with van der Waals surface area (Å²) >= 11 is 0. The van der Waals surface area contributed by atoms with Crippen LogP contribution in [0.3, 0.4) is 0 Å². The van der Waals surface area contributed by atoms with Crippen molar-refractivity contribution in [2.24, 2.45) is 0 Å². The zero-order valence-corrected chi connectivity index (χ0v) is 14.9. The van der Waals surface area contributed by atoms with Crippen LogP contribution in [0.2, 0.25) is 0 Å². The van der Waals surface area contributed by atoms with Gasteiger partial charge in [0.25, 0.3) is 5.91 Å². The number of hydrogen-bond donors (Lipinski definition) is 2. The Morgan fingerprint density at radius 1 is 1.31 bits per heavy atom. The summed E-state index contributed by atoms with van der Waals surface area (Å²) in [5, 5.41) is 2.78. The lowest BCUT2D eigenvalue weighted by atomic mass is 10.2. The zero-order valence-electron chi connectivity index (χ0n) is 14.1. The van der Waals surface area contributed by atoms with Crippen molar-refractivity contribution in [3.05, 3.63) is 54.1 Å². The number of benzene rings is 1. The van der Waals surface area contributed by atoms with E-state index in [2.05, 4.69) is 20.0 Å². The number of carbonyl (C=O) groups is 1. The number of hydrogen-bond acceptors (Lipinski definition) is 6. The van der Waals surface area contributed by atoms with Gasteiger partial charge < -0.3 is 10.1 Å². The molecular weight excluding hydrogens is 356 g/mol. The zero-order chi connectivity index (χ0) is 18.4. The van der Waals surface area contributed by atoms with E-state index >= 15 is 0 Å². The van der Waals surface area contributed by atoms with E-state index < -0.39 is 10.0 Å². The van der Waals surface area contributed by atoms with Crippen LogP contribution in [0.4, 0.5) is 0 Å². The summed E-state index contributed by atoms with van der Waals surface area (Å²) < 4.78 is 32.8. The van der Waals surface area contributed by atoms with Gasteiger partial charge in [-0.1, -0.05) is 6.07 Å². The van der Waals surface area contributed by atoms with Crippen LogP contribution in [-0.2, 0) is 21.3 Å². The second-order valence-corrected chi connectivity index (χ2v) is 7.67. The van der Waals surface area contributed by atoms with Crippen molar-refractivity contribution in [2.45, 2.75) is 30.4 Å². The van der Waals surface area contributed by atoms with Gasteiger partial charge in [0, 0.05) is 24.9 Å². The molecule has 1 fully saturated rings. The third-order valence-corrected chi connectivity index (χ3v) is 5.41. The Kier molecular flexibility index (Phi) is 5.92. The van der Waals surface area contributed by atoms with Crippen LogP contribution < -0.4 is 10.0 Å². The van der Waals surface area contributed by atoms with Crippen molar-refractivity contribution in [2.75, 3.05) is 13.2 Å². The second kappa shape index (κ2) is 8.35. The van der Waals surface area contributed by atoms with E-state index in [1.165, 1.54) is 24.7 Å². The highest BCUT2D eigenvalue weighted by Gasteiger charge is 2.19. The Balaban J connectivity index is 1.64. The minimum Gasteiger partial charge on any atom is -0.376 e. The molecule has 1 aliphatic rings. The topological polar surface area (TPSA) is 110 Å². The molecule has 0 bridgehead atoms. The number of rotatable bonds is 7. The third-order valence-electron chi connectivity index (χ3n) is 4.01. The highest BCUT2D eigenvalue weighted by Crippen LogP contribution is 2.13. The van der Waals surface area contributed by atoms with Crippen LogP contribution in [0.5, 0.6) is 0 Å². The average Bonchev–Trinajstić information content (AvgIpc) is 3.19. The van der Waals surface area contributed by atoms with E-state index in [1.54, 1.807) is 18.2 Å². The fraction of sp³-hybridized carbons (Fsp3) is 0.353. The molecule has 0 radical (unpaired) electrons. The second-order valence-electron chi connectivity index (χ2n) is 5.90. The molecule has 2 aromatic rings. The molecule has 1 amide bonds. The van der Waals surface area contributed by atoms with Crippen LogP contribution >= 0.6 is 0 Å². The van der Waals surface area contributed by atoms with E-state index in [9.17, 15) is 13.2 Å². The fourth-order valence-electron chi connectivity index (χ4n) is 2.59. The van der Waals surface area contributed by atoms with E-state index in [-0.39, 0.29) is 29.0 Å². The lowest BCUT2D eigenvalue weighted by Gasteiger charge is -2.11. The van der Waals surface area contributed by atoms with Crippen molar-refractivity contribution in [3.8, 4) is 0 Å². The average molecular weight is 376 g/mol. The van der Waals surface area contributed by atoms with Gasteiger partial charge in [0.1, 0.15) is 6.33 Å². The van der Waals surface area contributed by atoms with Gasteiger partial charge in [-0.15, -0.1) is 0 Å². The monoisotopic (exact) mass is 376 g/mol. The maximum Gasteiger partial charge on any atom is 0.251 e. The summed E-state index contributed by atoms with van der Waals surface area (Å²) in [5.41, 5.74) is 0.835. The number of amides is 1. The molecule has 3 rings (SSSR count). The third kappa shape index (κ3) is 4.84. The van der Waals surface area contributed by atoms with E-state index in [0.29, 0.717) is 18.8 Å². The molecule has 1 aliphatic heterocycles. The molecule has 0 saturated carbocycles. The van der Waals surface area contributed by atoms with E-state index in [0.717, 1.165) is 12.8 Å². The number of sulfonamides is 1. The van der Waals surface area contributed by atoms with Gasteiger partial charge >= 0.3 is 0 Å². The smallest absolute Gasteiger partial charge is 0.251 e. The Labute approximate surface area is 152 Å². The molecule has 0 spiro atoms. The minimum absolute atomic E-state index is 0.0244. The first-order chi connectivity index (χ1) is 12.5. The molecule has 2 heterocycles. The lowest BCUT2D eigenvalue weighted by Crippen LogP contribution is -2.32. The van der Waals surface area contributed by atoms with Gasteiger partial charge in [-0.2, -0.15) is 0 Å². The van der Waals surface area contributed by atoms with Crippen LogP contribution in [0.15, 0.2) is 47.8 Å². The summed E-state index contributed by atoms with van der Waals surface area (Å²) in [6, 6.07) is 7.54. The number of carbonyl (C=O) groups excluding carboxylic acids is 1. The molecule has 1 atom stereocenters. The first-order valence-corrected chi connectivity index (χ1v) is 9.77. The van der Waals surface area contributed by atoms with Gasteiger partial charge in [-0.05, 0) is 37.1 Å². The molecule has 2 N–H and O–H groups in total. The number of ether oxygens (including phenoxy) is 1. The maximum atomic E-state index is 12.4. The standard InChI is InChI=1S/C17H20N4O4S/c22-17(19-11-15-4-2-8-25-15)13-3-1-5-16(9-13)26(23,24)21-10-14-6-7-18-12-20-14/h1,3,5-7,9,12,15,21H,2,4,8,10-11H2,(H,19,22)/t15-/m0/s1. The van der Waals surface area contributed by atoms with Crippen LogP contribution in [0.25, 0.3) is 0 Å². The summed E-state index contributed by atoms with van der Waals surface area (Å²) in [5.74, 6) is -0.326. The highest BCUT2D eigenvalue weighted by atomic mass is 32.2. The first-order valence-electron chi connectivity index (χ1n) is 8.29. The molecule has 8 nitrogen and oxygen atoms in total. The molecule has 1 saturated heterocycles. The maximum absolute atomic E-state index is 12.4. The Hall–Kier alpha value is -2.36. The van der Waals surface area contributed by atoms with Gasteiger partial charge in [0.15, 0.2) is 0 Å². The van der Waals surface area contributed by atoms with Crippen molar-refractivity contribution >= 4 is 15.9 Å². The SMILES string of the molecule is O=C(NC[C@@H]1CCCO1)c1cccc(S(=O)(=O)NCc2ccncn2)c1. The Morgan fingerprint density at radius 3 is 2.92 bits per heavy atom. The summed E-state index contributed by atoms with van der Waals surface area (Å²) in [6.45, 7) is 1.17. The van der Waals surface area contributed by atoms with Crippen LogP contribution in [0.1, 0.15) is 28.9 Å². The normalized spacial score (nSPS) is 17.2. The highest BCUT2D eigenvalue weighted by molar-refractivity contribution is 7.89. The predicted molar refractivity (Wildman–Crippen MR) is 93.8 cm³/mol. The molecule has 9 heteroatoms. The number of aromatic nitrogens is 2. The van der Waals surface area contributed by atoms with E-state index in [1.807, 2.05) is 0 Å². The van der Waals surface area contributed by atoms with Crippen molar-refractivity contribution in [1.82, 2.24) is 20.0 Å². The fourth-order valence-corrected chi connectivity index (χ4v) is 3.64. The van der Waals surface area contributed by atoms with Crippen LogP contribution in [-0.4, -0.2) is 43.5 Å². The number of nitrogens with zero attached hydrogens (tertiary/aromatic N) is 2. The van der Waals surface area contributed by atoms with Crippen molar-refractivity contribution in [3.63, 3.8) is 0 Å². The molecule has 138 valence electrons. The van der Waals surface area contributed by atoms with Gasteiger partial charge in [-0.3, -0.25) is 4.79 Å². The summed E-state index contributed by atoms with van der Waals surface area (Å²) in [6.07, 6.45) is 4.83. The summed E-state index contributed by atoms with van der Waals surface area (Å²) in [4.78, 5) is 20.0. The largest absolute Gasteiger partial charge is 0.376 e. The molecule has 26 heavy (non-hydrogen) atoms. The first kappa shape index (κ1) is 18.4. The summed E-state index contributed by atoms with van der Waals surface area (Å²) in [7, 11) is -3.76. The molecule has 1 aromatic carbocycles. The lowest BCUT2D eigenvalue weighted by molar-refractivity contribution is 0.0857. The van der Waals surface area contributed by atoms with Crippen molar-refractivity contribution in [1.29, 1.82) is 0 Å². The van der Waals surface area contributed by atoms with Gasteiger partial charge in [0.05, 0.1) is 23.2 Å².